The van der Waals surface area contributed by atoms with E-state index in [1.807, 2.05) is 60.7 Å². The highest BCUT2D eigenvalue weighted by atomic mass is 19.1. The summed E-state index contributed by atoms with van der Waals surface area (Å²) in [5, 5.41) is 3.05. The van der Waals surface area contributed by atoms with Gasteiger partial charge in [-0.1, -0.05) is 72.8 Å². The zero-order chi connectivity index (χ0) is 25.2. The summed E-state index contributed by atoms with van der Waals surface area (Å²) < 4.78 is 19.0. The van der Waals surface area contributed by atoms with Crippen LogP contribution in [0, 0.1) is 5.82 Å². The third kappa shape index (κ3) is 7.23. The van der Waals surface area contributed by atoms with Gasteiger partial charge in [0, 0.05) is 32.7 Å². The van der Waals surface area contributed by atoms with Crippen molar-refractivity contribution in [3.05, 3.63) is 107 Å². The molecule has 1 N–H and O–H groups in total. The molecular formula is C29H32FN3O3. The number of morpholine rings is 1. The predicted molar refractivity (Wildman–Crippen MR) is 137 cm³/mol. The highest BCUT2D eigenvalue weighted by Gasteiger charge is 2.31. The average Bonchev–Trinajstić information content (AvgIpc) is 2.91. The highest BCUT2D eigenvalue weighted by molar-refractivity contribution is 5.89. The lowest BCUT2D eigenvalue weighted by molar-refractivity contribution is -0.141. The quantitative estimate of drug-likeness (QED) is 0.473. The molecule has 4 rings (SSSR count). The molecule has 2 amide bonds. The lowest BCUT2D eigenvalue weighted by Crippen LogP contribution is -2.46. The van der Waals surface area contributed by atoms with E-state index in [0.29, 0.717) is 26.3 Å². The van der Waals surface area contributed by atoms with Gasteiger partial charge in [0.05, 0.1) is 19.6 Å². The van der Waals surface area contributed by atoms with Crippen molar-refractivity contribution in [1.82, 2.24) is 15.1 Å². The molecule has 0 saturated carbocycles. The lowest BCUT2D eigenvalue weighted by atomic mass is 10.0. The van der Waals surface area contributed by atoms with Crippen LogP contribution in [0.3, 0.4) is 0 Å². The van der Waals surface area contributed by atoms with Gasteiger partial charge in [0.15, 0.2) is 0 Å². The minimum atomic E-state index is -0.822. The minimum Gasteiger partial charge on any atom is -0.379 e. The van der Waals surface area contributed by atoms with Crippen molar-refractivity contribution in [2.45, 2.75) is 19.0 Å². The fourth-order valence-corrected chi connectivity index (χ4v) is 4.35. The Labute approximate surface area is 211 Å². The molecule has 0 aliphatic carbocycles. The van der Waals surface area contributed by atoms with Gasteiger partial charge in [-0.2, -0.15) is 0 Å². The number of ether oxygens (including phenoxy) is 1. The summed E-state index contributed by atoms with van der Waals surface area (Å²) >= 11 is 0. The number of carbonyl (C=O) groups excluding carboxylic acids is 2. The third-order valence-electron chi connectivity index (χ3n) is 6.29. The zero-order valence-electron chi connectivity index (χ0n) is 20.3. The van der Waals surface area contributed by atoms with Gasteiger partial charge in [-0.25, -0.2) is 4.39 Å². The van der Waals surface area contributed by atoms with Crippen LogP contribution in [-0.2, 0) is 27.3 Å². The summed E-state index contributed by atoms with van der Waals surface area (Å²) in [7, 11) is 0. The molecule has 1 heterocycles. The van der Waals surface area contributed by atoms with Crippen molar-refractivity contribution in [1.29, 1.82) is 0 Å². The number of hydrogen-bond donors (Lipinski definition) is 1. The number of benzene rings is 3. The van der Waals surface area contributed by atoms with Gasteiger partial charge in [-0.15, -0.1) is 0 Å². The van der Waals surface area contributed by atoms with Gasteiger partial charge < -0.3 is 15.0 Å². The molecule has 1 fully saturated rings. The summed E-state index contributed by atoms with van der Waals surface area (Å²) in [5.41, 5.74) is 2.34. The fraction of sp³-hybridized carbons (Fsp3) is 0.310. The van der Waals surface area contributed by atoms with Crippen LogP contribution >= 0.6 is 0 Å². The molecule has 1 saturated heterocycles. The first-order valence-electron chi connectivity index (χ1n) is 12.3. The van der Waals surface area contributed by atoms with Gasteiger partial charge in [0.1, 0.15) is 11.9 Å². The molecule has 0 radical (unpaired) electrons. The Morgan fingerprint density at radius 1 is 0.889 bits per heavy atom. The summed E-state index contributed by atoms with van der Waals surface area (Å²) in [6, 6.07) is 24.0. The van der Waals surface area contributed by atoms with Gasteiger partial charge in [0.25, 0.3) is 0 Å². The van der Waals surface area contributed by atoms with Crippen molar-refractivity contribution in [2.24, 2.45) is 0 Å². The van der Waals surface area contributed by atoms with E-state index in [1.54, 1.807) is 17.0 Å². The second-order valence-corrected chi connectivity index (χ2v) is 8.87. The molecule has 188 valence electrons. The molecular weight excluding hydrogens is 457 g/mol. The summed E-state index contributed by atoms with van der Waals surface area (Å²) in [4.78, 5) is 31.1. The SMILES string of the molecule is O=C(NCCN1CCOCC1)[C@@H](c1ccccc1)N(Cc1ccc(F)cc1)C(=O)Cc1ccccc1. The molecule has 6 nitrogen and oxygen atoms in total. The Kier molecular flexibility index (Phi) is 9.19. The minimum absolute atomic E-state index is 0.159. The van der Waals surface area contributed by atoms with Crippen LogP contribution in [0.5, 0.6) is 0 Å². The summed E-state index contributed by atoms with van der Waals surface area (Å²) in [6.45, 7) is 4.43. The number of halogens is 1. The van der Waals surface area contributed by atoms with E-state index in [-0.39, 0.29) is 30.6 Å². The molecule has 1 aliphatic heterocycles. The Hall–Kier alpha value is -3.55. The smallest absolute Gasteiger partial charge is 0.247 e. The van der Waals surface area contributed by atoms with Gasteiger partial charge in [0.2, 0.25) is 11.8 Å². The van der Waals surface area contributed by atoms with Crippen molar-refractivity contribution in [3.8, 4) is 0 Å². The first kappa shape index (κ1) is 25.5. The standard InChI is InChI=1S/C29H32FN3O3/c30-26-13-11-24(12-14-26)22-33(27(34)21-23-7-3-1-4-8-23)28(25-9-5-2-6-10-25)29(35)31-15-16-32-17-19-36-20-18-32/h1-14,28H,15-22H2,(H,31,35)/t28-/m1/s1. The third-order valence-corrected chi connectivity index (χ3v) is 6.29. The molecule has 3 aromatic rings. The summed E-state index contributed by atoms with van der Waals surface area (Å²) in [6.07, 6.45) is 0.159. The van der Waals surface area contributed by atoms with Gasteiger partial charge in [-0.3, -0.25) is 14.5 Å². The predicted octanol–water partition coefficient (Wildman–Crippen LogP) is 3.59. The van der Waals surface area contributed by atoms with Crippen LogP contribution < -0.4 is 5.32 Å². The first-order chi connectivity index (χ1) is 17.6. The van der Waals surface area contributed by atoms with Crippen molar-refractivity contribution >= 4 is 11.8 Å². The fourth-order valence-electron chi connectivity index (χ4n) is 4.35. The van der Waals surface area contributed by atoms with E-state index in [4.69, 9.17) is 4.74 Å². The number of nitrogens with zero attached hydrogens (tertiary/aromatic N) is 2. The van der Waals surface area contributed by atoms with Gasteiger partial charge >= 0.3 is 0 Å². The Balaban J connectivity index is 1.58. The van der Waals surface area contributed by atoms with E-state index in [1.165, 1.54) is 12.1 Å². The van der Waals surface area contributed by atoms with Crippen LogP contribution in [0.15, 0.2) is 84.9 Å². The van der Waals surface area contributed by atoms with E-state index >= 15 is 0 Å². The number of carbonyl (C=O) groups is 2. The average molecular weight is 490 g/mol. The van der Waals surface area contributed by atoms with Gasteiger partial charge in [-0.05, 0) is 28.8 Å². The zero-order valence-corrected chi connectivity index (χ0v) is 20.3. The molecule has 0 unspecified atom stereocenters. The number of rotatable bonds is 10. The number of amides is 2. The Morgan fingerprint density at radius 3 is 2.19 bits per heavy atom. The number of hydrogen-bond acceptors (Lipinski definition) is 4. The highest BCUT2D eigenvalue weighted by Crippen LogP contribution is 2.25. The van der Waals surface area contributed by atoms with Crippen LogP contribution in [-0.4, -0.2) is 61.0 Å². The van der Waals surface area contributed by atoms with Crippen LogP contribution in [0.25, 0.3) is 0 Å². The normalized spacial score (nSPS) is 14.7. The second kappa shape index (κ2) is 13.0. The topological polar surface area (TPSA) is 61.9 Å². The van der Waals surface area contributed by atoms with E-state index in [9.17, 15) is 14.0 Å². The van der Waals surface area contributed by atoms with Crippen LogP contribution in [0.2, 0.25) is 0 Å². The number of nitrogens with one attached hydrogen (secondary N) is 1. The van der Waals surface area contributed by atoms with Crippen molar-refractivity contribution < 1.29 is 18.7 Å². The Bertz CT molecular complexity index is 1100. The monoisotopic (exact) mass is 489 g/mol. The maximum atomic E-state index is 13.7. The Morgan fingerprint density at radius 2 is 1.53 bits per heavy atom. The van der Waals surface area contributed by atoms with E-state index < -0.39 is 6.04 Å². The molecule has 1 aliphatic rings. The first-order valence-corrected chi connectivity index (χ1v) is 12.3. The van der Waals surface area contributed by atoms with E-state index in [2.05, 4.69) is 10.2 Å². The largest absolute Gasteiger partial charge is 0.379 e. The molecule has 36 heavy (non-hydrogen) atoms. The molecule has 3 aromatic carbocycles. The van der Waals surface area contributed by atoms with E-state index in [0.717, 1.165) is 29.8 Å². The van der Waals surface area contributed by atoms with Crippen LogP contribution in [0.4, 0.5) is 4.39 Å². The molecule has 1 atom stereocenters. The molecule has 0 aromatic heterocycles. The maximum Gasteiger partial charge on any atom is 0.247 e. The van der Waals surface area contributed by atoms with Crippen molar-refractivity contribution in [2.75, 3.05) is 39.4 Å². The molecule has 7 heteroatoms. The second-order valence-electron chi connectivity index (χ2n) is 8.87. The molecule has 0 bridgehead atoms. The maximum absolute atomic E-state index is 13.7. The lowest BCUT2D eigenvalue weighted by Gasteiger charge is -2.32. The summed E-state index contributed by atoms with van der Waals surface area (Å²) in [5.74, 6) is -0.762. The van der Waals surface area contributed by atoms with Crippen molar-refractivity contribution in [3.63, 3.8) is 0 Å². The van der Waals surface area contributed by atoms with Crippen LogP contribution in [0.1, 0.15) is 22.7 Å². The molecule has 0 spiro atoms.